The minimum absolute atomic E-state index is 0.0423. The van der Waals surface area contributed by atoms with Crippen molar-refractivity contribution in [2.24, 2.45) is 0 Å². The summed E-state index contributed by atoms with van der Waals surface area (Å²) in [5.74, 6) is 5.80. The van der Waals surface area contributed by atoms with Crippen molar-refractivity contribution in [1.82, 2.24) is 5.32 Å². The molecule has 0 aliphatic heterocycles. The van der Waals surface area contributed by atoms with Gasteiger partial charge in [0.2, 0.25) is 0 Å². The molecule has 124 valence electrons. The minimum atomic E-state index is -1.01. The first-order valence-corrected chi connectivity index (χ1v) is 8.26. The molecular weight excluding hydrogens is 326 g/mol. The molecule has 1 heterocycles. The summed E-state index contributed by atoms with van der Waals surface area (Å²) in [5, 5.41) is 14.2. The SMILES string of the molecule is O=C(NC1CCC(O)(C#Cc2cccc(Cl)c2)CC1)c1ccoc1. The summed E-state index contributed by atoms with van der Waals surface area (Å²) in [6.45, 7) is 0. The molecule has 4 nitrogen and oxygen atoms in total. The highest BCUT2D eigenvalue weighted by molar-refractivity contribution is 6.30. The fourth-order valence-electron chi connectivity index (χ4n) is 2.78. The van der Waals surface area contributed by atoms with Gasteiger partial charge in [-0.15, -0.1) is 0 Å². The van der Waals surface area contributed by atoms with Crippen LogP contribution in [0.15, 0.2) is 47.3 Å². The summed E-state index contributed by atoms with van der Waals surface area (Å²) in [7, 11) is 0. The quantitative estimate of drug-likeness (QED) is 0.822. The fourth-order valence-corrected chi connectivity index (χ4v) is 2.97. The van der Waals surface area contributed by atoms with E-state index in [1.807, 2.05) is 12.1 Å². The van der Waals surface area contributed by atoms with E-state index in [2.05, 4.69) is 17.2 Å². The lowest BCUT2D eigenvalue weighted by Gasteiger charge is -2.32. The summed E-state index contributed by atoms with van der Waals surface area (Å²) in [5.41, 5.74) is 0.280. The molecule has 3 rings (SSSR count). The highest BCUT2D eigenvalue weighted by atomic mass is 35.5. The van der Waals surface area contributed by atoms with Crippen LogP contribution in [0.2, 0.25) is 5.02 Å². The zero-order chi connectivity index (χ0) is 17.0. The standard InChI is InChI=1S/C19H18ClNO3/c20-16-3-1-2-14(12-16)4-8-19(23)9-5-17(6-10-19)21-18(22)15-7-11-24-13-15/h1-3,7,11-13,17,23H,5-6,9-10H2,(H,21,22). The molecule has 1 amide bonds. The van der Waals surface area contributed by atoms with Gasteiger partial charge in [0, 0.05) is 16.6 Å². The van der Waals surface area contributed by atoms with Crippen molar-refractivity contribution in [2.75, 3.05) is 0 Å². The normalized spacial score (nSPS) is 23.2. The Morgan fingerprint density at radius 1 is 1.33 bits per heavy atom. The van der Waals surface area contributed by atoms with Crippen LogP contribution in [0.5, 0.6) is 0 Å². The molecule has 0 unspecified atom stereocenters. The van der Waals surface area contributed by atoms with Crippen LogP contribution in [-0.2, 0) is 0 Å². The molecule has 0 saturated heterocycles. The van der Waals surface area contributed by atoms with Crippen molar-refractivity contribution in [1.29, 1.82) is 0 Å². The van der Waals surface area contributed by atoms with Gasteiger partial charge in [0.15, 0.2) is 0 Å². The number of halogens is 1. The maximum atomic E-state index is 12.0. The van der Waals surface area contributed by atoms with Gasteiger partial charge >= 0.3 is 0 Å². The van der Waals surface area contributed by atoms with Crippen LogP contribution in [0.25, 0.3) is 0 Å². The second kappa shape index (κ2) is 7.12. The average Bonchev–Trinajstić information content (AvgIpc) is 3.10. The molecular formula is C19H18ClNO3. The highest BCUT2D eigenvalue weighted by Crippen LogP contribution is 2.28. The van der Waals surface area contributed by atoms with Gasteiger partial charge in [-0.1, -0.05) is 29.5 Å². The Bertz CT molecular complexity index is 765. The number of carbonyl (C=O) groups excluding carboxylic acids is 1. The number of furan rings is 1. The Labute approximate surface area is 145 Å². The number of benzene rings is 1. The molecule has 2 N–H and O–H groups in total. The van der Waals surface area contributed by atoms with Crippen LogP contribution >= 0.6 is 11.6 Å². The largest absolute Gasteiger partial charge is 0.472 e. The molecule has 5 heteroatoms. The Kier molecular flexibility index (Phi) is 4.94. The van der Waals surface area contributed by atoms with E-state index in [4.69, 9.17) is 16.0 Å². The number of amides is 1. The molecule has 0 radical (unpaired) electrons. The molecule has 1 aromatic carbocycles. The molecule has 0 spiro atoms. The zero-order valence-electron chi connectivity index (χ0n) is 13.1. The van der Waals surface area contributed by atoms with Gasteiger partial charge in [-0.25, -0.2) is 0 Å². The van der Waals surface area contributed by atoms with E-state index in [0.29, 0.717) is 36.3 Å². The van der Waals surface area contributed by atoms with E-state index in [-0.39, 0.29) is 11.9 Å². The fraction of sp³-hybridized carbons (Fsp3) is 0.316. The number of rotatable bonds is 2. The van der Waals surface area contributed by atoms with Gasteiger partial charge < -0.3 is 14.8 Å². The number of hydrogen-bond acceptors (Lipinski definition) is 3. The van der Waals surface area contributed by atoms with Gasteiger partial charge in [-0.3, -0.25) is 4.79 Å². The van der Waals surface area contributed by atoms with E-state index in [1.54, 1.807) is 18.2 Å². The Balaban J connectivity index is 1.57. The lowest BCUT2D eigenvalue weighted by Crippen LogP contribution is -2.42. The number of carbonyl (C=O) groups is 1. The van der Waals surface area contributed by atoms with E-state index >= 15 is 0 Å². The van der Waals surface area contributed by atoms with Crippen molar-refractivity contribution >= 4 is 17.5 Å². The van der Waals surface area contributed by atoms with Crippen LogP contribution in [0.3, 0.4) is 0 Å². The van der Waals surface area contributed by atoms with Crippen molar-refractivity contribution in [3.63, 3.8) is 0 Å². The van der Waals surface area contributed by atoms with Gasteiger partial charge in [0.1, 0.15) is 11.9 Å². The Morgan fingerprint density at radius 2 is 2.12 bits per heavy atom. The first-order chi connectivity index (χ1) is 11.5. The summed E-state index contributed by atoms with van der Waals surface area (Å²) in [4.78, 5) is 12.0. The predicted octanol–water partition coefficient (Wildman–Crippen LogP) is 3.39. The monoisotopic (exact) mass is 343 g/mol. The van der Waals surface area contributed by atoms with Crippen LogP contribution in [0.4, 0.5) is 0 Å². The van der Waals surface area contributed by atoms with E-state index in [0.717, 1.165) is 5.56 Å². The van der Waals surface area contributed by atoms with E-state index in [9.17, 15) is 9.90 Å². The summed E-state index contributed by atoms with van der Waals surface area (Å²) < 4.78 is 4.91. The molecule has 1 aliphatic rings. The minimum Gasteiger partial charge on any atom is -0.472 e. The molecule has 2 aromatic rings. The van der Waals surface area contributed by atoms with Crippen LogP contribution in [0.1, 0.15) is 41.6 Å². The zero-order valence-corrected chi connectivity index (χ0v) is 13.8. The third-order valence-corrected chi connectivity index (χ3v) is 4.43. The van der Waals surface area contributed by atoms with E-state index < -0.39 is 5.60 Å². The van der Waals surface area contributed by atoms with Crippen molar-refractivity contribution < 1.29 is 14.3 Å². The van der Waals surface area contributed by atoms with Crippen molar-refractivity contribution in [2.45, 2.75) is 37.3 Å². The first-order valence-electron chi connectivity index (χ1n) is 7.88. The van der Waals surface area contributed by atoms with Gasteiger partial charge in [-0.05, 0) is 49.9 Å². The van der Waals surface area contributed by atoms with Crippen molar-refractivity contribution in [3.05, 3.63) is 59.0 Å². The third kappa shape index (κ3) is 4.19. The lowest BCUT2D eigenvalue weighted by molar-refractivity contribution is 0.0491. The maximum Gasteiger partial charge on any atom is 0.254 e. The van der Waals surface area contributed by atoms with Crippen molar-refractivity contribution in [3.8, 4) is 11.8 Å². The molecule has 0 bridgehead atoms. The Morgan fingerprint density at radius 3 is 2.79 bits per heavy atom. The van der Waals surface area contributed by atoms with Gasteiger partial charge in [-0.2, -0.15) is 0 Å². The predicted molar refractivity (Wildman–Crippen MR) is 91.7 cm³/mol. The number of aliphatic hydroxyl groups is 1. The molecule has 1 fully saturated rings. The lowest BCUT2D eigenvalue weighted by atomic mass is 9.82. The Hall–Kier alpha value is -2.22. The second-order valence-corrected chi connectivity index (χ2v) is 6.49. The average molecular weight is 344 g/mol. The van der Waals surface area contributed by atoms with Crippen LogP contribution < -0.4 is 5.32 Å². The first kappa shape index (κ1) is 16.6. The molecule has 24 heavy (non-hydrogen) atoms. The number of nitrogens with one attached hydrogen (secondary N) is 1. The highest BCUT2D eigenvalue weighted by Gasteiger charge is 2.32. The smallest absolute Gasteiger partial charge is 0.254 e. The maximum absolute atomic E-state index is 12.0. The van der Waals surface area contributed by atoms with E-state index in [1.165, 1.54) is 12.5 Å². The molecule has 1 aromatic heterocycles. The molecule has 1 saturated carbocycles. The topological polar surface area (TPSA) is 62.5 Å². The van der Waals surface area contributed by atoms with Gasteiger partial charge in [0.25, 0.3) is 5.91 Å². The summed E-state index contributed by atoms with van der Waals surface area (Å²) >= 11 is 5.93. The third-order valence-electron chi connectivity index (χ3n) is 4.20. The van der Waals surface area contributed by atoms with Gasteiger partial charge in [0.05, 0.1) is 11.8 Å². The summed E-state index contributed by atoms with van der Waals surface area (Å²) in [6.07, 6.45) is 5.31. The number of hydrogen-bond donors (Lipinski definition) is 2. The summed E-state index contributed by atoms with van der Waals surface area (Å²) in [6, 6.07) is 8.92. The molecule has 0 atom stereocenters. The van der Waals surface area contributed by atoms with Crippen LogP contribution in [0, 0.1) is 11.8 Å². The van der Waals surface area contributed by atoms with Crippen LogP contribution in [-0.4, -0.2) is 22.7 Å². The molecule has 1 aliphatic carbocycles. The second-order valence-electron chi connectivity index (χ2n) is 6.05.